The van der Waals surface area contributed by atoms with Crippen LogP contribution < -0.4 is 10.1 Å². The van der Waals surface area contributed by atoms with Gasteiger partial charge in [-0.25, -0.2) is 4.79 Å². The molecule has 1 unspecified atom stereocenters. The lowest BCUT2D eigenvalue weighted by Crippen LogP contribution is -2.38. The molecule has 5 nitrogen and oxygen atoms in total. The van der Waals surface area contributed by atoms with E-state index in [1.54, 1.807) is 0 Å². The summed E-state index contributed by atoms with van der Waals surface area (Å²) in [6.45, 7) is 2.95. The lowest BCUT2D eigenvalue weighted by Gasteiger charge is -2.31. The molecule has 160 valence electrons. The average molecular weight is 424 g/mol. The number of anilines is 1. The van der Waals surface area contributed by atoms with E-state index in [2.05, 4.69) is 46.4 Å². The quantitative estimate of drug-likeness (QED) is 0.437. The molecule has 0 fully saturated rings. The maximum Gasteiger partial charge on any atom is 0.323 e. The summed E-state index contributed by atoms with van der Waals surface area (Å²) in [5.41, 5.74) is 4.97. The zero-order chi connectivity index (χ0) is 21.9. The van der Waals surface area contributed by atoms with E-state index in [4.69, 9.17) is 4.74 Å². The van der Waals surface area contributed by atoms with E-state index in [9.17, 15) is 4.79 Å². The maximum absolute atomic E-state index is 13.8. The highest BCUT2D eigenvalue weighted by Crippen LogP contribution is 2.37. The van der Waals surface area contributed by atoms with E-state index in [1.165, 1.54) is 0 Å². The Bertz CT molecular complexity index is 1230. The molecule has 32 heavy (non-hydrogen) atoms. The van der Waals surface area contributed by atoms with Crippen LogP contribution in [0, 0.1) is 0 Å². The van der Waals surface area contributed by atoms with E-state index in [1.807, 2.05) is 72.5 Å². The van der Waals surface area contributed by atoms with Crippen molar-refractivity contribution in [3.63, 3.8) is 0 Å². The van der Waals surface area contributed by atoms with Gasteiger partial charge in [-0.15, -0.1) is 0 Å². The van der Waals surface area contributed by atoms with E-state index < -0.39 is 0 Å². The Balaban J connectivity index is 1.60. The lowest BCUT2D eigenvalue weighted by molar-refractivity contribution is 0.194. The number of hydrogen-bond acceptors (Lipinski definition) is 2. The molecule has 1 N–H and O–H groups in total. The molecule has 5 heteroatoms. The SMILES string of the molecule is CCOc1ccccc1NC(=O)N1Cc2ccccc2-n2cccc2C1c1ccccc1. The third-order valence-electron chi connectivity index (χ3n) is 5.77. The van der Waals surface area contributed by atoms with Gasteiger partial charge in [0, 0.05) is 11.9 Å². The minimum atomic E-state index is -0.238. The molecule has 0 saturated carbocycles. The summed E-state index contributed by atoms with van der Waals surface area (Å²) < 4.78 is 7.91. The summed E-state index contributed by atoms with van der Waals surface area (Å²) in [6, 6.07) is 29.7. The lowest BCUT2D eigenvalue weighted by atomic mass is 10.0. The van der Waals surface area contributed by atoms with Crippen molar-refractivity contribution >= 4 is 11.7 Å². The molecule has 2 amide bonds. The van der Waals surface area contributed by atoms with Crippen molar-refractivity contribution in [3.8, 4) is 11.4 Å². The zero-order valence-electron chi connectivity index (χ0n) is 17.9. The van der Waals surface area contributed by atoms with Gasteiger partial charge in [0.2, 0.25) is 0 Å². The third-order valence-corrected chi connectivity index (χ3v) is 5.77. The fourth-order valence-corrected chi connectivity index (χ4v) is 4.36. The first kappa shape index (κ1) is 19.9. The molecule has 3 aromatic carbocycles. The molecular weight excluding hydrogens is 398 g/mol. The van der Waals surface area contributed by atoms with Crippen molar-refractivity contribution < 1.29 is 9.53 Å². The molecular formula is C27H25N3O2. The zero-order valence-corrected chi connectivity index (χ0v) is 17.9. The van der Waals surface area contributed by atoms with Gasteiger partial charge in [-0.05, 0) is 48.4 Å². The van der Waals surface area contributed by atoms with Crippen LogP contribution in [0.3, 0.4) is 0 Å². The molecule has 1 atom stereocenters. The number of urea groups is 1. The predicted octanol–water partition coefficient (Wildman–Crippen LogP) is 6.01. The second-order valence-electron chi connectivity index (χ2n) is 7.73. The first-order valence-electron chi connectivity index (χ1n) is 10.9. The van der Waals surface area contributed by atoms with Crippen molar-refractivity contribution in [2.24, 2.45) is 0 Å². The van der Waals surface area contributed by atoms with E-state index in [0.29, 0.717) is 24.6 Å². The van der Waals surface area contributed by atoms with E-state index >= 15 is 0 Å². The van der Waals surface area contributed by atoms with Crippen molar-refractivity contribution in [2.75, 3.05) is 11.9 Å². The third kappa shape index (κ3) is 3.62. The van der Waals surface area contributed by atoms with Gasteiger partial charge in [-0.1, -0.05) is 60.7 Å². The molecule has 4 aromatic rings. The van der Waals surface area contributed by atoms with Crippen LogP contribution in [0.15, 0.2) is 97.2 Å². The molecule has 1 aliphatic heterocycles. The molecule has 0 saturated heterocycles. The van der Waals surface area contributed by atoms with Crippen LogP contribution in [0.1, 0.15) is 29.8 Å². The standard InChI is InChI=1S/C27H25N3O2/c1-2-32-25-17-9-7-14-22(25)28-27(31)30-19-21-13-6-8-15-23(21)29-18-10-16-24(29)26(30)20-11-4-3-5-12-20/h3-18,26H,2,19H2,1H3,(H,28,31). The largest absolute Gasteiger partial charge is 0.492 e. The Labute approximate surface area is 187 Å². The molecule has 0 aliphatic carbocycles. The topological polar surface area (TPSA) is 46.5 Å². The van der Waals surface area contributed by atoms with Crippen molar-refractivity contribution in [3.05, 3.63) is 114 Å². The molecule has 0 radical (unpaired) electrons. The minimum absolute atomic E-state index is 0.171. The number of carbonyl (C=O) groups is 1. The Kier molecular flexibility index (Phi) is 5.38. The van der Waals surface area contributed by atoms with Crippen LogP contribution in [0.5, 0.6) is 5.75 Å². The van der Waals surface area contributed by atoms with Crippen molar-refractivity contribution in [2.45, 2.75) is 19.5 Å². The summed E-state index contributed by atoms with van der Waals surface area (Å²) in [7, 11) is 0. The number of fused-ring (bicyclic) bond motifs is 3. The normalized spacial score (nSPS) is 14.8. The molecule has 0 bridgehead atoms. The van der Waals surface area contributed by atoms with Gasteiger partial charge in [-0.3, -0.25) is 0 Å². The summed E-state index contributed by atoms with van der Waals surface area (Å²) in [6.07, 6.45) is 2.07. The Morgan fingerprint density at radius 1 is 0.938 bits per heavy atom. The fourth-order valence-electron chi connectivity index (χ4n) is 4.36. The number of nitrogens with zero attached hydrogens (tertiary/aromatic N) is 2. The van der Waals surface area contributed by atoms with Gasteiger partial charge < -0.3 is 19.5 Å². The van der Waals surface area contributed by atoms with Crippen LogP contribution in [-0.2, 0) is 6.54 Å². The van der Waals surface area contributed by atoms with Crippen LogP contribution in [-0.4, -0.2) is 22.1 Å². The number of para-hydroxylation sites is 3. The highest BCUT2D eigenvalue weighted by molar-refractivity contribution is 5.91. The van der Waals surface area contributed by atoms with E-state index in [-0.39, 0.29) is 12.1 Å². The Morgan fingerprint density at radius 3 is 2.53 bits per heavy atom. The molecule has 5 rings (SSSR count). The van der Waals surface area contributed by atoms with Gasteiger partial charge in [0.15, 0.2) is 0 Å². The van der Waals surface area contributed by atoms with Crippen LogP contribution in [0.25, 0.3) is 5.69 Å². The highest BCUT2D eigenvalue weighted by Gasteiger charge is 2.33. The summed E-state index contributed by atoms with van der Waals surface area (Å²) in [5.74, 6) is 0.665. The minimum Gasteiger partial charge on any atom is -0.492 e. The van der Waals surface area contributed by atoms with Gasteiger partial charge in [0.25, 0.3) is 0 Å². The summed E-state index contributed by atoms with van der Waals surface area (Å²) >= 11 is 0. The summed E-state index contributed by atoms with van der Waals surface area (Å²) in [4.78, 5) is 15.7. The number of hydrogen-bond donors (Lipinski definition) is 1. The number of benzene rings is 3. The first-order chi connectivity index (χ1) is 15.8. The molecule has 1 aliphatic rings. The van der Waals surface area contributed by atoms with Gasteiger partial charge in [0.1, 0.15) is 5.75 Å². The molecule has 0 spiro atoms. The van der Waals surface area contributed by atoms with Crippen molar-refractivity contribution in [1.82, 2.24) is 9.47 Å². The Morgan fingerprint density at radius 2 is 1.69 bits per heavy atom. The van der Waals surface area contributed by atoms with Crippen molar-refractivity contribution in [1.29, 1.82) is 0 Å². The maximum atomic E-state index is 13.8. The number of rotatable bonds is 4. The predicted molar refractivity (Wildman–Crippen MR) is 126 cm³/mol. The number of nitrogens with one attached hydrogen (secondary N) is 1. The number of carbonyl (C=O) groups excluding carboxylic acids is 1. The number of amides is 2. The number of aromatic nitrogens is 1. The summed E-state index contributed by atoms with van der Waals surface area (Å²) in [5, 5.41) is 3.10. The van der Waals surface area contributed by atoms with Crippen LogP contribution >= 0.6 is 0 Å². The molecule has 1 aromatic heterocycles. The average Bonchev–Trinajstić information content (AvgIpc) is 3.25. The second-order valence-corrected chi connectivity index (χ2v) is 7.73. The number of ether oxygens (including phenoxy) is 1. The second kappa shape index (κ2) is 8.63. The van der Waals surface area contributed by atoms with E-state index in [0.717, 1.165) is 22.5 Å². The van der Waals surface area contributed by atoms with Gasteiger partial charge >= 0.3 is 6.03 Å². The first-order valence-corrected chi connectivity index (χ1v) is 10.9. The highest BCUT2D eigenvalue weighted by atomic mass is 16.5. The van der Waals surface area contributed by atoms with Gasteiger partial charge in [0.05, 0.1) is 30.6 Å². The van der Waals surface area contributed by atoms with Crippen LogP contribution in [0.2, 0.25) is 0 Å². The van der Waals surface area contributed by atoms with Gasteiger partial charge in [-0.2, -0.15) is 0 Å². The fraction of sp³-hybridized carbons (Fsp3) is 0.148. The van der Waals surface area contributed by atoms with Crippen LogP contribution in [0.4, 0.5) is 10.5 Å². The Hall–Kier alpha value is -3.99. The molecule has 2 heterocycles. The smallest absolute Gasteiger partial charge is 0.323 e. The monoisotopic (exact) mass is 423 g/mol.